The topological polar surface area (TPSA) is 63.9 Å². The van der Waals surface area contributed by atoms with E-state index in [1.54, 1.807) is 23.1 Å². The Morgan fingerprint density at radius 3 is 2.24 bits per heavy atom. The van der Waals surface area contributed by atoms with Crippen LogP contribution in [-0.4, -0.2) is 15.3 Å². The predicted octanol–water partition coefficient (Wildman–Crippen LogP) is 6.77. The van der Waals surface area contributed by atoms with E-state index in [1.165, 1.54) is 0 Å². The fraction of sp³-hybridized carbons (Fsp3) is 0.280. The van der Waals surface area contributed by atoms with Gasteiger partial charge in [0.2, 0.25) is 0 Å². The Balaban J connectivity index is 2.79. The molecule has 0 fully saturated rings. The third kappa shape index (κ3) is 4.32. The summed E-state index contributed by atoms with van der Waals surface area (Å²) < 4.78 is 0. The summed E-state index contributed by atoms with van der Waals surface area (Å²) in [4.78, 5) is 1.59. The highest BCUT2D eigenvalue weighted by molar-refractivity contribution is 5.88. The lowest BCUT2D eigenvalue weighted by Gasteiger charge is -2.29. The van der Waals surface area contributed by atoms with Crippen LogP contribution in [0.1, 0.15) is 61.4 Å². The molecule has 0 spiro atoms. The van der Waals surface area contributed by atoms with E-state index in [2.05, 4.69) is 20.4 Å². The zero-order chi connectivity index (χ0) is 21.9. The number of aromatic hydroxyl groups is 2. The molecule has 154 valence electrons. The highest BCUT2D eigenvalue weighted by atomic mass is 16.3. The van der Waals surface area contributed by atoms with Gasteiger partial charge < -0.3 is 15.3 Å². The van der Waals surface area contributed by atoms with Gasteiger partial charge in [0.1, 0.15) is 11.5 Å². The van der Waals surface area contributed by atoms with E-state index in [4.69, 9.17) is 0 Å². The summed E-state index contributed by atoms with van der Waals surface area (Å²) in [6.07, 6.45) is 5.58. The van der Waals surface area contributed by atoms with Crippen molar-refractivity contribution in [3.8, 4) is 11.5 Å². The molecule has 0 aliphatic rings. The molecular formula is C25H31NO3. The first-order valence-corrected chi connectivity index (χ1v) is 9.77. The van der Waals surface area contributed by atoms with Gasteiger partial charge in [-0.3, -0.25) is 4.90 Å². The minimum Gasteiger partial charge on any atom is -0.508 e. The summed E-state index contributed by atoms with van der Waals surface area (Å²) >= 11 is 0. The van der Waals surface area contributed by atoms with Crippen LogP contribution in [0.3, 0.4) is 0 Å². The van der Waals surface area contributed by atoms with Gasteiger partial charge in [-0.2, -0.15) is 0 Å². The Bertz CT molecular complexity index is 984. The second-order valence-electron chi connectivity index (χ2n) is 7.45. The third-order valence-corrected chi connectivity index (χ3v) is 5.09. The van der Waals surface area contributed by atoms with Crippen molar-refractivity contribution in [1.29, 1.82) is 0 Å². The van der Waals surface area contributed by atoms with Gasteiger partial charge in [0.25, 0.3) is 0 Å². The minimum absolute atomic E-state index is 0.134. The molecule has 0 amide bonds. The first kappa shape index (κ1) is 22.2. The monoisotopic (exact) mass is 393 g/mol. The number of rotatable bonds is 6. The highest BCUT2D eigenvalue weighted by Crippen LogP contribution is 2.40. The molecule has 4 nitrogen and oxygen atoms in total. The summed E-state index contributed by atoms with van der Waals surface area (Å²) in [5.41, 5.74) is 5.46. The van der Waals surface area contributed by atoms with Gasteiger partial charge in [0.05, 0.1) is 11.4 Å². The Morgan fingerprint density at radius 1 is 1.07 bits per heavy atom. The number of hydrogen-bond acceptors (Lipinski definition) is 4. The molecule has 0 aliphatic heterocycles. The van der Waals surface area contributed by atoms with Crippen LogP contribution in [0.5, 0.6) is 11.5 Å². The summed E-state index contributed by atoms with van der Waals surface area (Å²) in [6, 6.07) is 7.04. The fourth-order valence-electron chi connectivity index (χ4n) is 3.62. The molecule has 0 heterocycles. The molecule has 0 radical (unpaired) electrons. The number of aliphatic hydroxyl groups is 1. The average Bonchev–Trinajstić information content (AvgIpc) is 2.64. The molecule has 0 aromatic heterocycles. The van der Waals surface area contributed by atoms with Gasteiger partial charge in [-0.15, -0.1) is 0 Å². The lowest BCUT2D eigenvalue weighted by atomic mass is 9.93. The van der Waals surface area contributed by atoms with Crippen molar-refractivity contribution in [3.05, 3.63) is 76.7 Å². The summed E-state index contributed by atoms with van der Waals surface area (Å²) in [6.45, 7) is 15.5. The molecule has 2 aromatic carbocycles. The van der Waals surface area contributed by atoms with Crippen LogP contribution in [0.4, 0.5) is 5.69 Å². The third-order valence-electron chi connectivity index (χ3n) is 5.09. The quantitative estimate of drug-likeness (QED) is 0.474. The molecule has 2 rings (SSSR count). The Kier molecular flexibility index (Phi) is 6.80. The number of phenols is 2. The Hall–Kier alpha value is -3.14. The normalized spacial score (nSPS) is 12.0. The second kappa shape index (κ2) is 8.91. The number of hydrogen-bond donors (Lipinski definition) is 3. The van der Waals surface area contributed by atoms with Crippen molar-refractivity contribution in [2.75, 3.05) is 4.90 Å². The first-order chi connectivity index (χ1) is 13.6. The molecule has 2 aromatic rings. The zero-order valence-electron chi connectivity index (χ0n) is 18.1. The SMILES string of the molecule is C=C(O)N(/C(=C\C)c1cc(C(C)C)c(C)cc1O)c1ccc(O)c(C)c1/C=C\C. The summed E-state index contributed by atoms with van der Waals surface area (Å²) in [7, 11) is 0. The van der Waals surface area contributed by atoms with Crippen molar-refractivity contribution in [2.45, 2.75) is 47.5 Å². The van der Waals surface area contributed by atoms with Crippen LogP contribution in [0.2, 0.25) is 0 Å². The highest BCUT2D eigenvalue weighted by Gasteiger charge is 2.23. The first-order valence-electron chi connectivity index (χ1n) is 9.77. The van der Waals surface area contributed by atoms with E-state index >= 15 is 0 Å². The van der Waals surface area contributed by atoms with Crippen LogP contribution >= 0.6 is 0 Å². The van der Waals surface area contributed by atoms with Crippen molar-refractivity contribution in [1.82, 2.24) is 0 Å². The maximum atomic E-state index is 10.7. The van der Waals surface area contributed by atoms with Crippen LogP contribution < -0.4 is 4.90 Å². The van der Waals surface area contributed by atoms with Gasteiger partial charge in [-0.05, 0) is 75.6 Å². The van der Waals surface area contributed by atoms with Crippen LogP contribution in [-0.2, 0) is 0 Å². The number of allylic oxidation sites excluding steroid dienone is 2. The maximum absolute atomic E-state index is 10.7. The van der Waals surface area contributed by atoms with E-state index in [0.29, 0.717) is 22.5 Å². The van der Waals surface area contributed by atoms with Crippen LogP contribution in [0, 0.1) is 13.8 Å². The zero-order valence-corrected chi connectivity index (χ0v) is 18.1. The number of nitrogens with zero attached hydrogens (tertiary/aromatic N) is 1. The molecular weight excluding hydrogens is 362 g/mol. The van der Waals surface area contributed by atoms with Crippen molar-refractivity contribution in [3.63, 3.8) is 0 Å². The molecule has 29 heavy (non-hydrogen) atoms. The molecule has 0 unspecified atom stereocenters. The van der Waals surface area contributed by atoms with Crippen LogP contribution in [0.25, 0.3) is 11.8 Å². The minimum atomic E-state index is -0.181. The van der Waals surface area contributed by atoms with Crippen molar-refractivity contribution in [2.24, 2.45) is 0 Å². The van der Waals surface area contributed by atoms with Crippen molar-refractivity contribution < 1.29 is 15.3 Å². The molecule has 0 saturated heterocycles. The van der Waals surface area contributed by atoms with Gasteiger partial charge in [0, 0.05) is 16.7 Å². The van der Waals surface area contributed by atoms with Gasteiger partial charge >= 0.3 is 0 Å². The van der Waals surface area contributed by atoms with E-state index in [-0.39, 0.29) is 23.3 Å². The van der Waals surface area contributed by atoms with Crippen molar-refractivity contribution >= 4 is 17.5 Å². The smallest absolute Gasteiger partial charge is 0.188 e. The average molecular weight is 394 g/mol. The van der Waals surface area contributed by atoms with Gasteiger partial charge in [-0.1, -0.05) is 32.1 Å². The van der Waals surface area contributed by atoms with E-state index in [1.807, 2.05) is 52.0 Å². The molecule has 3 N–H and O–H groups in total. The molecule has 0 saturated carbocycles. The number of aryl methyl sites for hydroxylation is 1. The number of anilines is 1. The standard InChI is InChI=1S/C25H31NO3/c1-8-10-19-17(6)24(28)12-11-23(19)26(18(7)27)22(9-2)21-14-20(15(3)4)16(5)13-25(21)29/h8-15,27-29H,7H2,1-6H3/b10-8-,22-9-. The van der Waals surface area contributed by atoms with E-state index < -0.39 is 0 Å². The predicted molar refractivity (Wildman–Crippen MR) is 122 cm³/mol. The molecule has 0 bridgehead atoms. The van der Waals surface area contributed by atoms with Gasteiger partial charge in [-0.25, -0.2) is 0 Å². The maximum Gasteiger partial charge on any atom is 0.188 e. The van der Waals surface area contributed by atoms with Crippen LogP contribution in [0.15, 0.2) is 48.9 Å². The fourth-order valence-corrected chi connectivity index (χ4v) is 3.62. The summed E-state index contributed by atoms with van der Waals surface area (Å²) in [5.74, 6) is 0.412. The second-order valence-corrected chi connectivity index (χ2v) is 7.45. The lowest BCUT2D eigenvalue weighted by Crippen LogP contribution is -2.21. The largest absolute Gasteiger partial charge is 0.508 e. The Labute approximate surface area is 173 Å². The lowest BCUT2D eigenvalue weighted by molar-refractivity contribution is 0.405. The number of aliphatic hydroxyl groups excluding tert-OH is 1. The van der Waals surface area contributed by atoms with Gasteiger partial charge in [0.15, 0.2) is 5.88 Å². The summed E-state index contributed by atoms with van der Waals surface area (Å²) in [5, 5.41) is 31.4. The Morgan fingerprint density at radius 2 is 1.72 bits per heavy atom. The van der Waals surface area contributed by atoms with E-state index in [9.17, 15) is 15.3 Å². The number of benzene rings is 2. The molecule has 0 aliphatic carbocycles. The number of phenolic OH excluding ortho intramolecular Hbond substituents is 2. The molecule has 4 heteroatoms. The molecule has 0 atom stereocenters. The van der Waals surface area contributed by atoms with E-state index in [0.717, 1.165) is 16.7 Å².